The number of nitrogens with zero attached hydrogens (tertiary/aromatic N) is 2. The molecule has 124 valence electrons. The molecule has 4 nitrogen and oxygen atoms in total. The fraction of sp³-hybridized carbons (Fsp3) is 1.00. The SMILES string of the molecule is CC1CCCN(CCCN2CCCC(C)C2CO)C1CO. The smallest absolute Gasteiger partial charge is 0.0589 e. The van der Waals surface area contributed by atoms with E-state index in [0.29, 0.717) is 37.1 Å². The lowest BCUT2D eigenvalue weighted by molar-refractivity contribution is 0.0328. The van der Waals surface area contributed by atoms with Crippen molar-refractivity contribution in [3.63, 3.8) is 0 Å². The minimum Gasteiger partial charge on any atom is -0.395 e. The Labute approximate surface area is 130 Å². The van der Waals surface area contributed by atoms with Crippen LogP contribution in [0.5, 0.6) is 0 Å². The molecule has 21 heavy (non-hydrogen) atoms. The molecule has 0 aliphatic carbocycles. The van der Waals surface area contributed by atoms with Crippen molar-refractivity contribution in [2.75, 3.05) is 39.4 Å². The number of rotatable bonds is 6. The van der Waals surface area contributed by atoms with Crippen LogP contribution in [0.15, 0.2) is 0 Å². The van der Waals surface area contributed by atoms with Crippen LogP contribution in [0, 0.1) is 11.8 Å². The summed E-state index contributed by atoms with van der Waals surface area (Å²) >= 11 is 0. The molecule has 0 aromatic rings. The van der Waals surface area contributed by atoms with Gasteiger partial charge in [0.05, 0.1) is 13.2 Å². The summed E-state index contributed by atoms with van der Waals surface area (Å²) in [5, 5.41) is 19.2. The predicted molar refractivity (Wildman–Crippen MR) is 86.3 cm³/mol. The predicted octanol–water partition coefficient (Wildman–Crippen LogP) is 1.56. The first-order valence-electron chi connectivity index (χ1n) is 8.87. The number of hydrogen-bond acceptors (Lipinski definition) is 4. The second kappa shape index (κ2) is 8.47. The van der Waals surface area contributed by atoms with Gasteiger partial charge in [-0.25, -0.2) is 0 Å². The monoisotopic (exact) mass is 298 g/mol. The van der Waals surface area contributed by atoms with Gasteiger partial charge < -0.3 is 10.2 Å². The van der Waals surface area contributed by atoms with Crippen LogP contribution in [0.4, 0.5) is 0 Å². The molecule has 2 rings (SSSR count). The average Bonchev–Trinajstić information content (AvgIpc) is 2.47. The van der Waals surface area contributed by atoms with Crippen molar-refractivity contribution in [2.45, 2.75) is 58.0 Å². The number of piperidine rings is 2. The zero-order valence-corrected chi connectivity index (χ0v) is 13.9. The van der Waals surface area contributed by atoms with E-state index in [1.165, 1.54) is 25.7 Å². The maximum atomic E-state index is 9.61. The molecular weight excluding hydrogens is 264 g/mol. The minimum atomic E-state index is 0.293. The van der Waals surface area contributed by atoms with E-state index in [0.717, 1.165) is 32.6 Å². The van der Waals surface area contributed by atoms with Crippen LogP contribution in [0.1, 0.15) is 46.0 Å². The Morgan fingerprint density at radius 3 is 1.62 bits per heavy atom. The highest BCUT2D eigenvalue weighted by molar-refractivity contribution is 4.84. The molecule has 2 saturated heterocycles. The molecule has 0 spiro atoms. The zero-order chi connectivity index (χ0) is 15.2. The van der Waals surface area contributed by atoms with Crippen molar-refractivity contribution >= 4 is 0 Å². The summed E-state index contributed by atoms with van der Waals surface area (Å²) in [5.74, 6) is 1.23. The molecule has 0 aromatic heterocycles. The lowest BCUT2D eigenvalue weighted by Crippen LogP contribution is -2.49. The van der Waals surface area contributed by atoms with E-state index in [2.05, 4.69) is 23.6 Å². The molecule has 2 fully saturated rings. The summed E-state index contributed by atoms with van der Waals surface area (Å²) in [6.45, 7) is 9.55. The third-order valence-electron chi connectivity index (χ3n) is 5.73. The largest absolute Gasteiger partial charge is 0.395 e. The lowest BCUT2D eigenvalue weighted by Gasteiger charge is -2.41. The Kier molecular flexibility index (Phi) is 6.93. The van der Waals surface area contributed by atoms with E-state index in [1.54, 1.807) is 0 Å². The Balaban J connectivity index is 1.77. The third kappa shape index (κ3) is 4.41. The van der Waals surface area contributed by atoms with Gasteiger partial charge in [0.25, 0.3) is 0 Å². The molecule has 4 heteroatoms. The normalized spacial score (nSPS) is 36.0. The van der Waals surface area contributed by atoms with E-state index in [-0.39, 0.29) is 0 Å². The van der Waals surface area contributed by atoms with Crippen LogP contribution in [0.2, 0.25) is 0 Å². The van der Waals surface area contributed by atoms with Crippen molar-refractivity contribution in [3.8, 4) is 0 Å². The molecule has 0 bridgehead atoms. The van der Waals surface area contributed by atoms with Gasteiger partial charge in [-0.15, -0.1) is 0 Å². The van der Waals surface area contributed by atoms with Gasteiger partial charge in [0, 0.05) is 12.1 Å². The van der Waals surface area contributed by atoms with Crippen molar-refractivity contribution in [1.29, 1.82) is 0 Å². The molecule has 0 saturated carbocycles. The van der Waals surface area contributed by atoms with Crippen LogP contribution < -0.4 is 0 Å². The molecular formula is C17H34N2O2. The Morgan fingerprint density at radius 2 is 1.24 bits per heavy atom. The molecule has 0 aromatic carbocycles. The highest BCUT2D eigenvalue weighted by atomic mass is 16.3. The van der Waals surface area contributed by atoms with Crippen LogP contribution >= 0.6 is 0 Å². The molecule has 2 heterocycles. The van der Waals surface area contributed by atoms with E-state index in [4.69, 9.17) is 0 Å². The standard InChI is InChI=1S/C17H34N2O2/c1-14-6-3-8-18(16(14)12-20)10-5-11-19-9-4-7-15(2)17(19)13-21/h14-17,20-21H,3-13H2,1-2H3. The van der Waals surface area contributed by atoms with Gasteiger partial charge in [-0.3, -0.25) is 9.80 Å². The fourth-order valence-corrected chi connectivity index (χ4v) is 4.29. The Hall–Kier alpha value is -0.160. The molecule has 0 amide bonds. The molecule has 2 N–H and O–H groups in total. The van der Waals surface area contributed by atoms with Gasteiger partial charge >= 0.3 is 0 Å². The van der Waals surface area contributed by atoms with E-state index < -0.39 is 0 Å². The topological polar surface area (TPSA) is 46.9 Å². The van der Waals surface area contributed by atoms with Gasteiger partial charge in [0.1, 0.15) is 0 Å². The summed E-state index contributed by atoms with van der Waals surface area (Å²) in [6, 6.07) is 0.709. The first-order chi connectivity index (χ1) is 10.2. The molecule has 4 atom stereocenters. The number of likely N-dealkylation sites (tertiary alicyclic amines) is 2. The number of aliphatic hydroxyl groups is 2. The summed E-state index contributed by atoms with van der Waals surface area (Å²) in [7, 11) is 0. The van der Waals surface area contributed by atoms with Crippen LogP contribution in [-0.4, -0.2) is 71.5 Å². The summed E-state index contributed by atoms with van der Waals surface area (Å²) in [4.78, 5) is 4.96. The highest BCUT2D eigenvalue weighted by Gasteiger charge is 2.29. The second-order valence-corrected chi connectivity index (χ2v) is 7.16. The van der Waals surface area contributed by atoms with Gasteiger partial charge in [-0.2, -0.15) is 0 Å². The third-order valence-corrected chi connectivity index (χ3v) is 5.73. The first-order valence-corrected chi connectivity index (χ1v) is 8.87. The number of aliphatic hydroxyl groups excluding tert-OH is 2. The van der Waals surface area contributed by atoms with E-state index in [1.807, 2.05) is 0 Å². The summed E-state index contributed by atoms with van der Waals surface area (Å²) < 4.78 is 0. The van der Waals surface area contributed by atoms with Crippen molar-refractivity contribution in [1.82, 2.24) is 9.80 Å². The Morgan fingerprint density at radius 1 is 0.810 bits per heavy atom. The molecule has 4 unspecified atom stereocenters. The molecule has 2 aliphatic rings. The van der Waals surface area contributed by atoms with E-state index in [9.17, 15) is 10.2 Å². The maximum absolute atomic E-state index is 9.61. The Bertz CT molecular complexity index is 273. The quantitative estimate of drug-likeness (QED) is 0.781. The summed E-state index contributed by atoms with van der Waals surface area (Å²) in [5.41, 5.74) is 0. The van der Waals surface area contributed by atoms with Crippen LogP contribution in [0.25, 0.3) is 0 Å². The molecule has 2 aliphatic heterocycles. The van der Waals surface area contributed by atoms with Gasteiger partial charge in [-0.05, 0) is 70.1 Å². The van der Waals surface area contributed by atoms with Crippen molar-refractivity contribution in [2.24, 2.45) is 11.8 Å². The minimum absolute atomic E-state index is 0.293. The second-order valence-electron chi connectivity index (χ2n) is 7.16. The van der Waals surface area contributed by atoms with Crippen molar-refractivity contribution < 1.29 is 10.2 Å². The van der Waals surface area contributed by atoms with Crippen molar-refractivity contribution in [3.05, 3.63) is 0 Å². The van der Waals surface area contributed by atoms with Gasteiger partial charge in [-0.1, -0.05) is 13.8 Å². The average molecular weight is 298 g/mol. The van der Waals surface area contributed by atoms with Gasteiger partial charge in [0.15, 0.2) is 0 Å². The van der Waals surface area contributed by atoms with E-state index >= 15 is 0 Å². The fourth-order valence-electron chi connectivity index (χ4n) is 4.29. The number of hydrogen-bond donors (Lipinski definition) is 2. The van der Waals surface area contributed by atoms with Gasteiger partial charge in [0.2, 0.25) is 0 Å². The first kappa shape index (κ1) is 17.2. The lowest BCUT2D eigenvalue weighted by atomic mass is 9.90. The maximum Gasteiger partial charge on any atom is 0.0589 e. The zero-order valence-electron chi connectivity index (χ0n) is 13.9. The molecule has 0 radical (unpaired) electrons. The highest BCUT2D eigenvalue weighted by Crippen LogP contribution is 2.25. The van der Waals surface area contributed by atoms with Crippen LogP contribution in [-0.2, 0) is 0 Å². The van der Waals surface area contributed by atoms with Crippen LogP contribution in [0.3, 0.4) is 0 Å². The summed E-state index contributed by atoms with van der Waals surface area (Å²) in [6.07, 6.45) is 6.16.